The Labute approximate surface area is 132 Å². The van der Waals surface area contributed by atoms with Gasteiger partial charge in [-0.2, -0.15) is 5.26 Å². The second kappa shape index (κ2) is 5.50. The van der Waals surface area contributed by atoms with E-state index in [2.05, 4.69) is 53.4 Å². The molecule has 2 aromatic rings. The van der Waals surface area contributed by atoms with Gasteiger partial charge >= 0.3 is 0 Å². The van der Waals surface area contributed by atoms with Crippen LogP contribution in [0.4, 0.5) is 5.69 Å². The molecule has 2 fully saturated rings. The van der Waals surface area contributed by atoms with E-state index in [1.54, 1.807) is 0 Å². The summed E-state index contributed by atoms with van der Waals surface area (Å²) in [4.78, 5) is 2.60. The van der Waals surface area contributed by atoms with Crippen LogP contribution in [-0.2, 0) is 0 Å². The molecular formula is C20H20N2. The minimum Gasteiger partial charge on any atom is -0.368 e. The molecule has 0 radical (unpaired) electrons. The maximum atomic E-state index is 9.10. The van der Waals surface area contributed by atoms with E-state index in [1.807, 2.05) is 12.1 Å². The van der Waals surface area contributed by atoms with Crippen LogP contribution in [0.15, 0.2) is 54.6 Å². The Morgan fingerprint density at radius 3 is 2.68 bits per heavy atom. The van der Waals surface area contributed by atoms with Crippen LogP contribution < -0.4 is 4.90 Å². The Morgan fingerprint density at radius 1 is 1.00 bits per heavy atom. The standard InChI is InChI=1S/C20H20N2/c21-14-15-5-4-6-16(11-15)18-12-17-9-10-22(20(17)13-18)19-7-2-1-3-8-19/h1-8,11,17-18,20H,9-10,12-13H2/t17-,18+,20+/m0/s1. The summed E-state index contributed by atoms with van der Waals surface area (Å²) in [6.45, 7) is 1.18. The van der Waals surface area contributed by atoms with Crippen LogP contribution in [0.2, 0.25) is 0 Å². The minimum absolute atomic E-state index is 0.606. The maximum Gasteiger partial charge on any atom is 0.0991 e. The van der Waals surface area contributed by atoms with Gasteiger partial charge in [-0.15, -0.1) is 0 Å². The number of para-hydroxylation sites is 1. The third-order valence-electron chi connectivity index (χ3n) is 5.37. The lowest BCUT2D eigenvalue weighted by Gasteiger charge is -2.26. The maximum absolute atomic E-state index is 9.10. The smallest absolute Gasteiger partial charge is 0.0991 e. The summed E-state index contributed by atoms with van der Waals surface area (Å²) in [6.07, 6.45) is 3.78. The van der Waals surface area contributed by atoms with Crippen molar-refractivity contribution < 1.29 is 0 Å². The fraction of sp³-hybridized carbons (Fsp3) is 0.350. The third-order valence-corrected chi connectivity index (χ3v) is 5.37. The van der Waals surface area contributed by atoms with E-state index < -0.39 is 0 Å². The Bertz CT molecular complexity index is 701. The van der Waals surface area contributed by atoms with Gasteiger partial charge in [0.25, 0.3) is 0 Å². The Morgan fingerprint density at radius 2 is 1.86 bits per heavy atom. The number of hydrogen-bond donors (Lipinski definition) is 0. The zero-order chi connectivity index (χ0) is 14.9. The molecule has 2 aliphatic rings. The average molecular weight is 288 g/mol. The van der Waals surface area contributed by atoms with Crippen LogP contribution in [0.1, 0.15) is 36.3 Å². The summed E-state index contributed by atoms with van der Waals surface area (Å²) in [5.74, 6) is 1.41. The molecule has 0 N–H and O–H groups in total. The molecule has 2 heteroatoms. The Hall–Kier alpha value is -2.27. The largest absolute Gasteiger partial charge is 0.368 e. The number of nitrogens with zero attached hydrogens (tertiary/aromatic N) is 2. The van der Waals surface area contributed by atoms with Crippen LogP contribution in [0.3, 0.4) is 0 Å². The zero-order valence-electron chi connectivity index (χ0n) is 12.7. The van der Waals surface area contributed by atoms with Crippen molar-refractivity contribution in [2.24, 2.45) is 5.92 Å². The van der Waals surface area contributed by atoms with Crippen molar-refractivity contribution in [3.8, 4) is 6.07 Å². The number of fused-ring (bicyclic) bond motifs is 1. The van der Waals surface area contributed by atoms with Gasteiger partial charge < -0.3 is 4.90 Å². The first-order valence-electron chi connectivity index (χ1n) is 8.17. The van der Waals surface area contributed by atoms with E-state index in [1.165, 1.54) is 37.1 Å². The van der Waals surface area contributed by atoms with E-state index in [4.69, 9.17) is 5.26 Å². The van der Waals surface area contributed by atoms with Gasteiger partial charge in [-0.05, 0) is 60.9 Å². The van der Waals surface area contributed by atoms with E-state index in [0.29, 0.717) is 12.0 Å². The molecule has 1 saturated heterocycles. The molecule has 110 valence electrons. The van der Waals surface area contributed by atoms with Crippen LogP contribution >= 0.6 is 0 Å². The van der Waals surface area contributed by atoms with Crippen molar-refractivity contribution in [1.82, 2.24) is 0 Å². The molecule has 22 heavy (non-hydrogen) atoms. The first kappa shape index (κ1) is 13.4. The van der Waals surface area contributed by atoms with Crippen LogP contribution in [0.25, 0.3) is 0 Å². The van der Waals surface area contributed by atoms with Gasteiger partial charge in [0.05, 0.1) is 11.6 Å². The van der Waals surface area contributed by atoms with Gasteiger partial charge in [-0.1, -0.05) is 30.3 Å². The fourth-order valence-corrected chi connectivity index (χ4v) is 4.34. The second-order valence-electron chi connectivity index (χ2n) is 6.55. The summed E-state index contributed by atoms with van der Waals surface area (Å²) >= 11 is 0. The predicted octanol–water partition coefficient (Wildman–Crippen LogP) is 4.33. The average Bonchev–Trinajstić information content (AvgIpc) is 3.16. The van der Waals surface area contributed by atoms with Crippen molar-refractivity contribution in [2.45, 2.75) is 31.2 Å². The molecule has 0 spiro atoms. The number of benzene rings is 2. The van der Waals surface area contributed by atoms with Gasteiger partial charge in [0, 0.05) is 18.3 Å². The molecule has 1 heterocycles. The van der Waals surface area contributed by atoms with E-state index in [9.17, 15) is 0 Å². The Balaban J connectivity index is 1.56. The van der Waals surface area contributed by atoms with Gasteiger partial charge in [-0.25, -0.2) is 0 Å². The molecule has 1 saturated carbocycles. The highest BCUT2D eigenvalue weighted by molar-refractivity contribution is 5.49. The van der Waals surface area contributed by atoms with Gasteiger partial charge in [0.1, 0.15) is 0 Å². The zero-order valence-corrected chi connectivity index (χ0v) is 12.7. The lowest BCUT2D eigenvalue weighted by atomic mass is 9.94. The molecular weight excluding hydrogens is 268 g/mol. The predicted molar refractivity (Wildman–Crippen MR) is 88.8 cm³/mol. The number of rotatable bonds is 2. The highest BCUT2D eigenvalue weighted by Gasteiger charge is 2.42. The Kier molecular flexibility index (Phi) is 3.35. The molecule has 0 bridgehead atoms. The van der Waals surface area contributed by atoms with Crippen molar-refractivity contribution >= 4 is 5.69 Å². The normalized spacial score (nSPS) is 26.7. The topological polar surface area (TPSA) is 27.0 Å². The lowest BCUT2D eigenvalue weighted by Crippen LogP contribution is -2.29. The lowest BCUT2D eigenvalue weighted by molar-refractivity contribution is 0.537. The fourth-order valence-electron chi connectivity index (χ4n) is 4.34. The van der Waals surface area contributed by atoms with Crippen molar-refractivity contribution in [1.29, 1.82) is 5.26 Å². The molecule has 0 unspecified atom stereocenters. The van der Waals surface area contributed by atoms with Crippen LogP contribution in [-0.4, -0.2) is 12.6 Å². The monoisotopic (exact) mass is 288 g/mol. The first-order valence-corrected chi connectivity index (χ1v) is 8.17. The third kappa shape index (κ3) is 2.27. The quantitative estimate of drug-likeness (QED) is 0.822. The van der Waals surface area contributed by atoms with E-state index >= 15 is 0 Å². The second-order valence-corrected chi connectivity index (χ2v) is 6.55. The van der Waals surface area contributed by atoms with E-state index in [-0.39, 0.29) is 0 Å². The molecule has 1 aliphatic carbocycles. The SMILES string of the molecule is N#Cc1cccc([C@@H]2C[C@@H]3CCN(c4ccccc4)[C@@H]3C2)c1. The van der Waals surface area contributed by atoms with Gasteiger partial charge in [-0.3, -0.25) is 0 Å². The van der Waals surface area contributed by atoms with Crippen LogP contribution in [0.5, 0.6) is 0 Å². The van der Waals surface area contributed by atoms with Crippen molar-refractivity contribution in [2.75, 3.05) is 11.4 Å². The number of hydrogen-bond acceptors (Lipinski definition) is 2. The summed E-state index contributed by atoms with van der Waals surface area (Å²) in [6, 6.07) is 21.9. The molecule has 4 rings (SSSR count). The summed E-state index contributed by atoms with van der Waals surface area (Å²) in [5, 5.41) is 9.10. The molecule has 0 aromatic heterocycles. The van der Waals surface area contributed by atoms with Gasteiger partial charge in [0.15, 0.2) is 0 Å². The summed E-state index contributed by atoms with van der Waals surface area (Å²) < 4.78 is 0. The first-order chi connectivity index (χ1) is 10.8. The van der Waals surface area contributed by atoms with Crippen molar-refractivity contribution in [3.05, 3.63) is 65.7 Å². The summed E-state index contributed by atoms with van der Waals surface area (Å²) in [5.41, 5.74) is 3.50. The number of anilines is 1. The number of nitriles is 1. The van der Waals surface area contributed by atoms with Crippen molar-refractivity contribution in [3.63, 3.8) is 0 Å². The molecule has 0 amide bonds. The molecule has 3 atom stereocenters. The molecule has 2 aromatic carbocycles. The van der Waals surface area contributed by atoms with Gasteiger partial charge in [0.2, 0.25) is 0 Å². The molecule has 1 aliphatic heterocycles. The van der Waals surface area contributed by atoms with Crippen LogP contribution in [0, 0.1) is 17.2 Å². The highest BCUT2D eigenvalue weighted by Crippen LogP contribution is 2.47. The highest BCUT2D eigenvalue weighted by atomic mass is 15.2. The van der Waals surface area contributed by atoms with E-state index in [0.717, 1.165) is 11.5 Å². The molecule has 2 nitrogen and oxygen atoms in total. The minimum atomic E-state index is 0.606. The summed E-state index contributed by atoms with van der Waals surface area (Å²) in [7, 11) is 0.